The fourth-order valence-corrected chi connectivity index (χ4v) is 3.28. The van der Waals surface area contributed by atoms with E-state index in [1.807, 2.05) is 12.1 Å². The second-order valence-corrected chi connectivity index (χ2v) is 6.33. The predicted octanol–water partition coefficient (Wildman–Crippen LogP) is 2.10. The Kier molecular flexibility index (Phi) is 4.97. The lowest BCUT2D eigenvalue weighted by Crippen LogP contribution is -2.43. The van der Waals surface area contributed by atoms with E-state index in [2.05, 4.69) is 15.3 Å². The molecule has 1 atom stereocenters. The van der Waals surface area contributed by atoms with Crippen LogP contribution in [0.15, 0.2) is 36.1 Å². The quantitative estimate of drug-likeness (QED) is 0.911. The normalized spacial score (nSPS) is 17.2. The van der Waals surface area contributed by atoms with E-state index in [0.29, 0.717) is 30.9 Å². The molecule has 3 rings (SSSR count). The van der Waals surface area contributed by atoms with Gasteiger partial charge in [-0.2, -0.15) is 0 Å². The summed E-state index contributed by atoms with van der Waals surface area (Å²) in [6, 6.07) is 3.43. The van der Waals surface area contributed by atoms with Gasteiger partial charge in [-0.1, -0.05) is 6.07 Å². The number of anilines is 1. The van der Waals surface area contributed by atoms with Crippen molar-refractivity contribution in [2.75, 3.05) is 11.9 Å². The topological polar surface area (TPSA) is 75.2 Å². The minimum absolute atomic E-state index is 0.0191. The molecule has 0 spiro atoms. The minimum atomic E-state index is -0.389. The van der Waals surface area contributed by atoms with Crippen molar-refractivity contribution in [3.8, 4) is 0 Å². The van der Waals surface area contributed by atoms with Crippen molar-refractivity contribution < 1.29 is 9.59 Å². The fraction of sp³-hybridized carbons (Fsp3) is 0.375. The molecule has 120 valence electrons. The highest BCUT2D eigenvalue weighted by Gasteiger charge is 2.33. The number of thiazole rings is 1. The van der Waals surface area contributed by atoms with Gasteiger partial charge in [-0.3, -0.25) is 14.6 Å². The molecule has 3 heterocycles. The third-order valence-electron chi connectivity index (χ3n) is 3.89. The monoisotopic (exact) mass is 330 g/mol. The molecular weight excluding hydrogens is 312 g/mol. The molecule has 2 amide bonds. The van der Waals surface area contributed by atoms with E-state index in [1.165, 1.54) is 11.3 Å². The van der Waals surface area contributed by atoms with Gasteiger partial charge < -0.3 is 10.2 Å². The molecule has 6 nitrogen and oxygen atoms in total. The smallest absolute Gasteiger partial charge is 0.248 e. The van der Waals surface area contributed by atoms with E-state index in [4.69, 9.17) is 0 Å². The standard InChI is InChI=1S/C16H18N4O2S/c21-14(6-5-12-3-1-7-17-11-12)20-9-2-4-13(20)15(22)19-16-18-8-10-23-16/h1,3,7-8,10-11,13H,2,4-6,9H2,(H,18,19,22). The number of aromatic nitrogens is 2. The summed E-state index contributed by atoms with van der Waals surface area (Å²) < 4.78 is 0. The van der Waals surface area contributed by atoms with Gasteiger partial charge in [0, 0.05) is 36.9 Å². The van der Waals surface area contributed by atoms with Crippen molar-refractivity contribution in [3.63, 3.8) is 0 Å². The van der Waals surface area contributed by atoms with Crippen molar-refractivity contribution >= 4 is 28.3 Å². The molecular formula is C16H18N4O2S. The van der Waals surface area contributed by atoms with Crippen LogP contribution in [0, 0.1) is 0 Å². The summed E-state index contributed by atoms with van der Waals surface area (Å²) >= 11 is 1.37. The van der Waals surface area contributed by atoms with Gasteiger partial charge in [-0.25, -0.2) is 4.98 Å². The summed E-state index contributed by atoms with van der Waals surface area (Å²) in [5.74, 6) is -0.127. The zero-order valence-electron chi connectivity index (χ0n) is 12.6. The van der Waals surface area contributed by atoms with Crippen LogP contribution in [0.2, 0.25) is 0 Å². The molecule has 0 aromatic carbocycles. The molecule has 1 N–H and O–H groups in total. The summed E-state index contributed by atoms with van der Waals surface area (Å²) in [6.45, 7) is 0.641. The molecule has 2 aromatic heterocycles. The third kappa shape index (κ3) is 3.92. The molecule has 0 radical (unpaired) electrons. The van der Waals surface area contributed by atoms with Gasteiger partial charge in [0.25, 0.3) is 0 Å². The number of nitrogens with zero attached hydrogens (tertiary/aromatic N) is 3. The van der Waals surface area contributed by atoms with Gasteiger partial charge in [0.2, 0.25) is 11.8 Å². The Morgan fingerprint density at radius 1 is 1.39 bits per heavy atom. The molecule has 0 saturated carbocycles. The average Bonchev–Trinajstić information content (AvgIpc) is 3.24. The Balaban J connectivity index is 1.57. The fourth-order valence-electron chi connectivity index (χ4n) is 2.75. The van der Waals surface area contributed by atoms with Crippen molar-refractivity contribution in [1.82, 2.24) is 14.9 Å². The zero-order chi connectivity index (χ0) is 16.1. The largest absolute Gasteiger partial charge is 0.331 e. The van der Waals surface area contributed by atoms with E-state index >= 15 is 0 Å². The Hall–Kier alpha value is -2.28. The van der Waals surface area contributed by atoms with Crippen LogP contribution in [0.3, 0.4) is 0 Å². The van der Waals surface area contributed by atoms with Crippen LogP contribution in [-0.2, 0) is 16.0 Å². The Morgan fingerprint density at radius 3 is 3.04 bits per heavy atom. The molecule has 23 heavy (non-hydrogen) atoms. The first-order valence-electron chi connectivity index (χ1n) is 7.63. The molecule has 0 bridgehead atoms. The lowest BCUT2D eigenvalue weighted by atomic mass is 10.1. The molecule has 1 unspecified atom stereocenters. The maximum Gasteiger partial charge on any atom is 0.248 e. The highest BCUT2D eigenvalue weighted by Crippen LogP contribution is 2.21. The van der Waals surface area contributed by atoms with Crippen LogP contribution in [0.25, 0.3) is 0 Å². The number of hydrogen-bond donors (Lipinski definition) is 1. The van der Waals surface area contributed by atoms with Gasteiger partial charge >= 0.3 is 0 Å². The van der Waals surface area contributed by atoms with Gasteiger partial charge in [0.1, 0.15) is 6.04 Å². The van der Waals surface area contributed by atoms with Gasteiger partial charge in [0.05, 0.1) is 0 Å². The lowest BCUT2D eigenvalue weighted by molar-refractivity contribution is -0.136. The van der Waals surface area contributed by atoms with Crippen molar-refractivity contribution in [2.45, 2.75) is 31.7 Å². The van der Waals surface area contributed by atoms with Crippen LogP contribution in [-0.4, -0.2) is 39.3 Å². The van der Waals surface area contributed by atoms with Crippen LogP contribution in [0.1, 0.15) is 24.8 Å². The summed E-state index contributed by atoms with van der Waals surface area (Å²) in [5, 5.41) is 5.17. The van der Waals surface area contributed by atoms with E-state index in [0.717, 1.165) is 12.0 Å². The molecule has 1 aliphatic heterocycles. The van der Waals surface area contributed by atoms with Crippen molar-refractivity contribution in [2.24, 2.45) is 0 Å². The molecule has 2 aromatic rings. The highest BCUT2D eigenvalue weighted by molar-refractivity contribution is 7.13. The molecule has 1 fully saturated rings. The first-order chi connectivity index (χ1) is 11.2. The minimum Gasteiger partial charge on any atom is -0.331 e. The van der Waals surface area contributed by atoms with E-state index in [-0.39, 0.29) is 17.9 Å². The Bertz CT molecular complexity index is 660. The number of likely N-dealkylation sites (tertiary alicyclic amines) is 1. The van der Waals surface area contributed by atoms with E-state index in [9.17, 15) is 9.59 Å². The lowest BCUT2D eigenvalue weighted by Gasteiger charge is -2.23. The second kappa shape index (κ2) is 7.32. The number of nitrogens with one attached hydrogen (secondary N) is 1. The van der Waals surface area contributed by atoms with Gasteiger partial charge in [0.15, 0.2) is 5.13 Å². The Labute approximate surface area is 138 Å². The maximum atomic E-state index is 12.4. The number of pyridine rings is 1. The first-order valence-corrected chi connectivity index (χ1v) is 8.51. The maximum absolute atomic E-state index is 12.4. The van der Waals surface area contributed by atoms with E-state index in [1.54, 1.807) is 28.9 Å². The first kappa shape index (κ1) is 15.6. The predicted molar refractivity (Wildman–Crippen MR) is 88.0 cm³/mol. The number of carbonyl (C=O) groups excluding carboxylic acids is 2. The molecule has 1 aliphatic rings. The summed E-state index contributed by atoms with van der Waals surface area (Å²) in [5.41, 5.74) is 1.03. The highest BCUT2D eigenvalue weighted by atomic mass is 32.1. The van der Waals surface area contributed by atoms with Crippen LogP contribution < -0.4 is 5.32 Å². The van der Waals surface area contributed by atoms with Gasteiger partial charge in [-0.15, -0.1) is 11.3 Å². The summed E-state index contributed by atoms with van der Waals surface area (Å²) in [7, 11) is 0. The number of amides is 2. The summed E-state index contributed by atoms with van der Waals surface area (Å²) in [6.07, 6.45) is 7.72. The van der Waals surface area contributed by atoms with Crippen LogP contribution in [0.4, 0.5) is 5.13 Å². The number of rotatable bonds is 5. The van der Waals surface area contributed by atoms with Crippen LogP contribution in [0.5, 0.6) is 0 Å². The van der Waals surface area contributed by atoms with Crippen molar-refractivity contribution in [3.05, 3.63) is 41.7 Å². The SMILES string of the molecule is O=C(Nc1nccs1)C1CCCN1C(=O)CCc1cccnc1. The Morgan fingerprint density at radius 2 is 2.30 bits per heavy atom. The summed E-state index contributed by atoms with van der Waals surface area (Å²) in [4.78, 5) is 34.6. The molecule has 1 saturated heterocycles. The van der Waals surface area contributed by atoms with Crippen LogP contribution >= 0.6 is 11.3 Å². The van der Waals surface area contributed by atoms with E-state index < -0.39 is 0 Å². The zero-order valence-corrected chi connectivity index (χ0v) is 13.5. The van der Waals surface area contributed by atoms with Gasteiger partial charge in [-0.05, 0) is 30.9 Å². The third-order valence-corrected chi connectivity index (χ3v) is 4.58. The second-order valence-electron chi connectivity index (χ2n) is 5.43. The molecule has 7 heteroatoms. The molecule has 0 aliphatic carbocycles. The number of aryl methyl sites for hydroxylation is 1. The number of carbonyl (C=O) groups is 2. The average molecular weight is 330 g/mol. The van der Waals surface area contributed by atoms with Crippen molar-refractivity contribution in [1.29, 1.82) is 0 Å². The number of hydrogen-bond acceptors (Lipinski definition) is 5.